The third-order valence-corrected chi connectivity index (χ3v) is 4.68. The summed E-state index contributed by atoms with van der Waals surface area (Å²) >= 11 is 10.8. The molecule has 0 atom stereocenters. The van der Waals surface area contributed by atoms with Gasteiger partial charge in [0.15, 0.2) is 0 Å². The molecule has 0 unspecified atom stereocenters. The summed E-state index contributed by atoms with van der Waals surface area (Å²) in [6.07, 6.45) is 3.08. The van der Waals surface area contributed by atoms with Crippen LogP contribution in [0.5, 0.6) is 0 Å². The van der Waals surface area contributed by atoms with Crippen molar-refractivity contribution in [3.63, 3.8) is 0 Å². The Bertz CT molecular complexity index is 807. The van der Waals surface area contributed by atoms with E-state index < -0.39 is 10.0 Å². The summed E-state index contributed by atoms with van der Waals surface area (Å²) in [5.41, 5.74) is 7.10. The molecule has 0 saturated heterocycles. The molecule has 5 nitrogen and oxygen atoms in total. The second-order valence-electron chi connectivity index (χ2n) is 4.30. The van der Waals surface area contributed by atoms with Crippen molar-refractivity contribution in [3.05, 3.63) is 52.8 Å². The van der Waals surface area contributed by atoms with Gasteiger partial charge >= 0.3 is 0 Å². The summed E-state index contributed by atoms with van der Waals surface area (Å²) in [6, 6.07) is 5.78. The molecular formula is C13H12ClN3O2S2. The van der Waals surface area contributed by atoms with E-state index in [4.69, 9.17) is 29.6 Å². The van der Waals surface area contributed by atoms with Gasteiger partial charge in [-0.25, -0.2) is 8.42 Å². The molecule has 0 saturated carbocycles. The van der Waals surface area contributed by atoms with E-state index in [0.717, 1.165) is 0 Å². The Morgan fingerprint density at radius 3 is 2.67 bits per heavy atom. The molecule has 8 heteroatoms. The van der Waals surface area contributed by atoms with Crippen molar-refractivity contribution in [2.24, 2.45) is 5.73 Å². The van der Waals surface area contributed by atoms with Crippen LogP contribution in [0.3, 0.4) is 0 Å². The molecule has 21 heavy (non-hydrogen) atoms. The number of hydrogen-bond donors (Lipinski definition) is 2. The lowest BCUT2D eigenvalue weighted by atomic mass is 10.2. The zero-order chi connectivity index (χ0) is 15.6. The fraction of sp³-hybridized carbons (Fsp3) is 0.0769. The van der Waals surface area contributed by atoms with Crippen LogP contribution in [0, 0.1) is 6.92 Å². The first-order valence-corrected chi connectivity index (χ1v) is 8.11. The van der Waals surface area contributed by atoms with Crippen molar-refractivity contribution in [1.82, 2.24) is 4.98 Å². The first kappa shape index (κ1) is 15.7. The SMILES string of the molecule is Cc1cnccc1NS(=O)(=O)c1ccc(C(N)=S)c(Cl)c1. The van der Waals surface area contributed by atoms with E-state index in [0.29, 0.717) is 16.8 Å². The standard InChI is InChI=1S/C13H12ClN3O2S2/c1-8-7-16-5-4-12(8)17-21(18,19)9-2-3-10(13(15)20)11(14)6-9/h2-7H,1H3,(H2,15,20)(H,16,17). The van der Waals surface area contributed by atoms with Gasteiger partial charge in [0.05, 0.1) is 15.6 Å². The van der Waals surface area contributed by atoms with Crippen LogP contribution in [0.25, 0.3) is 0 Å². The maximum absolute atomic E-state index is 12.3. The summed E-state index contributed by atoms with van der Waals surface area (Å²) in [4.78, 5) is 4.05. The number of aromatic nitrogens is 1. The van der Waals surface area contributed by atoms with Gasteiger partial charge in [0, 0.05) is 18.0 Å². The number of sulfonamides is 1. The van der Waals surface area contributed by atoms with Crippen molar-refractivity contribution in [2.45, 2.75) is 11.8 Å². The molecule has 3 N–H and O–H groups in total. The number of anilines is 1. The Hall–Kier alpha value is -1.70. The number of nitrogens with two attached hydrogens (primary N) is 1. The van der Waals surface area contributed by atoms with Crippen LogP contribution in [0.1, 0.15) is 11.1 Å². The number of nitrogens with one attached hydrogen (secondary N) is 1. The highest BCUT2D eigenvalue weighted by atomic mass is 35.5. The van der Waals surface area contributed by atoms with Crippen LogP contribution in [0.15, 0.2) is 41.6 Å². The third-order valence-electron chi connectivity index (χ3n) is 2.78. The van der Waals surface area contributed by atoms with Crippen molar-refractivity contribution >= 4 is 44.5 Å². The molecule has 2 aromatic rings. The van der Waals surface area contributed by atoms with Gasteiger partial charge in [0.1, 0.15) is 4.99 Å². The first-order chi connectivity index (χ1) is 9.81. The van der Waals surface area contributed by atoms with Gasteiger partial charge in [-0.15, -0.1) is 0 Å². The van der Waals surface area contributed by atoms with E-state index in [-0.39, 0.29) is 14.9 Å². The molecule has 0 fully saturated rings. The Kier molecular flexibility index (Phi) is 4.46. The lowest BCUT2D eigenvalue weighted by Crippen LogP contribution is -2.15. The fourth-order valence-electron chi connectivity index (χ4n) is 1.65. The number of rotatable bonds is 4. The molecule has 1 aromatic carbocycles. The summed E-state index contributed by atoms with van der Waals surface area (Å²) in [7, 11) is -3.75. The lowest BCUT2D eigenvalue weighted by molar-refractivity contribution is 0.601. The van der Waals surface area contributed by atoms with Crippen molar-refractivity contribution < 1.29 is 8.42 Å². The van der Waals surface area contributed by atoms with Crippen molar-refractivity contribution in [2.75, 3.05) is 4.72 Å². The quantitative estimate of drug-likeness (QED) is 0.834. The van der Waals surface area contributed by atoms with E-state index in [1.54, 1.807) is 19.2 Å². The minimum Gasteiger partial charge on any atom is -0.389 e. The number of hydrogen-bond acceptors (Lipinski definition) is 4. The average molecular weight is 342 g/mol. The zero-order valence-corrected chi connectivity index (χ0v) is 13.4. The van der Waals surface area contributed by atoms with Crippen LogP contribution in [0.2, 0.25) is 5.02 Å². The normalized spacial score (nSPS) is 11.1. The second kappa shape index (κ2) is 5.97. The molecule has 0 spiro atoms. The van der Waals surface area contributed by atoms with Gasteiger partial charge in [-0.3, -0.25) is 9.71 Å². The maximum atomic E-state index is 12.3. The molecule has 2 rings (SSSR count). The van der Waals surface area contributed by atoms with E-state index in [1.165, 1.54) is 24.4 Å². The van der Waals surface area contributed by atoms with Gasteiger partial charge in [-0.1, -0.05) is 23.8 Å². The molecule has 0 aliphatic rings. The number of nitrogens with zero attached hydrogens (tertiary/aromatic N) is 1. The molecule has 0 aliphatic carbocycles. The summed E-state index contributed by atoms with van der Waals surface area (Å²) in [6.45, 7) is 1.76. The fourth-order valence-corrected chi connectivity index (χ4v) is 3.39. The predicted octanol–water partition coefficient (Wildman–Crippen LogP) is 2.48. The van der Waals surface area contributed by atoms with Gasteiger partial charge in [-0.05, 0) is 36.8 Å². The van der Waals surface area contributed by atoms with Crippen LogP contribution in [-0.2, 0) is 10.0 Å². The minimum atomic E-state index is -3.75. The van der Waals surface area contributed by atoms with Gasteiger partial charge in [0.2, 0.25) is 0 Å². The first-order valence-electron chi connectivity index (χ1n) is 5.84. The Balaban J connectivity index is 2.39. The maximum Gasteiger partial charge on any atom is 0.261 e. The molecule has 1 aromatic heterocycles. The van der Waals surface area contributed by atoms with E-state index in [2.05, 4.69) is 9.71 Å². The highest BCUT2D eigenvalue weighted by Gasteiger charge is 2.17. The number of benzene rings is 1. The molecule has 1 heterocycles. The number of pyridine rings is 1. The monoisotopic (exact) mass is 341 g/mol. The second-order valence-corrected chi connectivity index (χ2v) is 6.83. The largest absolute Gasteiger partial charge is 0.389 e. The number of halogens is 1. The number of aryl methyl sites for hydroxylation is 1. The molecule has 0 amide bonds. The molecule has 110 valence electrons. The lowest BCUT2D eigenvalue weighted by Gasteiger charge is -2.11. The summed E-state index contributed by atoms with van der Waals surface area (Å²) < 4.78 is 27.2. The van der Waals surface area contributed by atoms with E-state index >= 15 is 0 Å². The third kappa shape index (κ3) is 3.49. The summed E-state index contributed by atoms with van der Waals surface area (Å²) in [5, 5.41) is 0.192. The average Bonchev–Trinajstić information content (AvgIpc) is 2.40. The Morgan fingerprint density at radius 1 is 1.38 bits per heavy atom. The van der Waals surface area contributed by atoms with E-state index in [1.807, 2.05) is 0 Å². The molecular weight excluding hydrogens is 330 g/mol. The Labute approximate surface area is 133 Å². The van der Waals surface area contributed by atoms with E-state index in [9.17, 15) is 8.42 Å². The zero-order valence-electron chi connectivity index (χ0n) is 11.0. The Morgan fingerprint density at radius 2 is 2.10 bits per heavy atom. The van der Waals surface area contributed by atoms with Crippen molar-refractivity contribution in [1.29, 1.82) is 0 Å². The highest BCUT2D eigenvalue weighted by molar-refractivity contribution is 7.92. The predicted molar refractivity (Wildman–Crippen MR) is 87.1 cm³/mol. The van der Waals surface area contributed by atoms with Crippen LogP contribution >= 0.6 is 23.8 Å². The topological polar surface area (TPSA) is 85.1 Å². The highest BCUT2D eigenvalue weighted by Crippen LogP contribution is 2.23. The van der Waals surface area contributed by atoms with Crippen LogP contribution in [-0.4, -0.2) is 18.4 Å². The van der Waals surface area contributed by atoms with Gasteiger partial charge < -0.3 is 5.73 Å². The van der Waals surface area contributed by atoms with Gasteiger partial charge in [-0.2, -0.15) is 0 Å². The molecule has 0 bridgehead atoms. The molecule has 0 aliphatic heterocycles. The van der Waals surface area contributed by atoms with Crippen molar-refractivity contribution in [3.8, 4) is 0 Å². The van der Waals surface area contributed by atoms with Gasteiger partial charge in [0.25, 0.3) is 10.0 Å². The minimum absolute atomic E-state index is 0.0312. The smallest absolute Gasteiger partial charge is 0.261 e. The summed E-state index contributed by atoms with van der Waals surface area (Å²) in [5.74, 6) is 0. The van der Waals surface area contributed by atoms with Crippen LogP contribution < -0.4 is 10.5 Å². The van der Waals surface area contributed by atoms with Crippen LogP contribution in [0.4, 0.5) is 5.69 Å². The number of thiocarbonyl (C=S) groups is 1. The molecule has 0 radical (unpaired) electrons.